The van der Waals surface area contributed by atoms with Gasteiger partial charge in [-0.3, -0.25) is 4.79 Å². The number of aromatic nitrogens is 5. The SMILES string of the molecule is CC(C)c1c(C(=O)N/N=C/c2ccc(Cl)cc2)nnn1-c1nonc1N. The lowest BCUT2D eigenvalue weighted by atomic mass is 10.1. The van der Waals surface area contributed by atoms with Crippen LogP contribution in [0.3, 0.4) is 0 Å². The van der Waals surface area contributed by atoms with Crippen LogP contribution in [0.4, 0.5) is 5.82 Å². The number of carbonyl (C=O) groups excluding carboxylic acids is 1. The summed E-state index contributed by atoms with van der Waals surface area (Å²) in [7, 11) is 0. The maximum absolute atomic E-state index is 12.4. The number of amides is 1. The van der Waals surface area contributed by atoms with Crippen LogP contribution in [0.1, 0.15) is 41.5 Å². The van der Waals surface area contributed by atoms with Gasteiger partial charge in [0.05, 0.1) is 11.9 Å². The minimum absolute atomic E-state index is 0.0458. The second kappa shape index (κ2) is 7.31. The number of rotatable bonds is 5. The maximum atomic E-state index is 12.4. The van der Waals surface area contributed by atoms with E-state index in [9.17, 15) is 4.79 Å². The lowest BCUT2D eigenvalue weighted by molar-refractivity contribution is 0.0948. The molecule has 3 N–H and O–H groups in total. The monoisotopic (exact) mass is 374 g/mol. The Balaban J connectivity index is 1.82. The molecule has 0 unspecified atom stereocenters. The Morgan fingerprint density at radius 2 is 2.08 bits per heavy atom. The van der Waals surface area contributed by atoms with Crippen molar-refractivity contribution in [2.75, 3.05) is 5.73 Å². The van der Waals surface area contributed by atoms with E-state index in [1.54, 1.807) is 24.3 Å². The minimum atomic E-state index is -0.514. The lowest BCUT2D eigenvalue weighted by Gasteiger charge is -2.08. The number of nitrogen functional groups attached to an aromatic ring is 1. The van der Waals surface area contributed by atoms with E-state index in [-0.39, 0.29) is 23.2 Å². The van der Waals surface area contributed by atoms with Crippen molar-refractivity contribution >= 4 is 29.5 Å². The number of nitrogens with zero attached hydrogens (tertiary/aromatic N) is 6. The number of carbonyl (C=O) groups is 1. The highest BCUT2D eigenvalue weighted by Gasteiger charge is 2.25. The molecule has 1 amide bonds. The van der Waals surface area contributed by atoms with Crippen LogP contribution in [0.2, 0.25) is 5.02 Å². The molecule has 0 fully saturated rings. The van der Waals surface area contributed by atoms with Crippen LogP contribution < -0.4 is 11.2 Å². The highest BCUT2D eigenvalue weighted by molar-refractivity contribution is 6.30. The molecule has 0 spiro atoms. The highest BCUT2D eigenvalue weighted by atomic mass is 35.5. The number of hydrogen-bond acceptors (Lipinski definition) is 8. The van der Waals surface area contributed by atoms with Crippen LogP contribution in [0, 0.1) is 0 Å². The molecule has 26 heavy (non-hydrogen) atoms. The van der Waals surface area contributed by atoms with E-state index in [1.165, 1.54) is 10.9 Å². The Morgan fingerprint density at radius 3 is 2.69 bits per heavy atom. The van der Waals surface area contributed by atoms with Crippen LogP contribution in [0.5, 0.6) is 0 Å². The summed E-state index contributed by atoms with van der Waals surface area (Å²) in [5.74, 6) is -0.392. The summed E-state index contributed by atoms with van der Waals surface area (Å²) in [5, 5.41) is 19.6. The van der Waals surface area contributed by atoms with E-state index < -0.39 is 5.91 Å². The molecule has 0 radical (unpaired) electrons. The molecular weight excluding hydrogens is 360 g/mol. The van der Waals surface area contributed by atoms with Gasteiger partial charge >= 0.3 is 0 Å². The average Bonchev–Trinajstić information content (AvgIpc) is 3.22. The fourth-order valence-electron chi connectivity index (χ4n) is 2.23. The number of nitrogens with one attached hydrogen (secondary N) is 1. The van der Waals surface area contributed by atoms with Gasteiger partial charge in [-0.25, -0.2) is 10.1 Å². The summed E-state index contributed by atoms with van der Waals surface area (Å²) in [6.45, 7) is 3.76. The zero-order valence-corrected chi connectivity index (χ0v) is 14.7. The quantitative estimate of drug-likeness (QED) is 0.512. The smallest absolute Gasteiger partial charge is 0.293 e. The largest absolute Gasteiger partial charge is 0.378 e. The van der Waals surface area contributed by atoms with Crippen LogP contribution in [-0.4, -0.2) is 37.4 Å². The van der Waals surface area contributed by atoms with Crippen molar-refractivity contribution in [3.8, 4) is 5.82 Å². The van der Waals surface area contributed by atoms with Crippen molar-refractivity contribution in [1.29, 1.82) is 0 Å². The van der Waals surface area contributed by atoms with Gasteiger partial charge < -0.3 is 5.73 Å². The highest BCUT2D eigenvalue weighted by Crippen LogP contribution is 2.22. The topological polar surface area (TPSA) is 137 Å². The van der Waals surface area contributed by atoms with Gasteiger partial charge in [0, 0.05) is 5.02 Å². The maximum Gasteiger partial charge on any atom is 0.293 e. The van der Waals surface area contributed by atoms with E-state index in [2.05, 4.69) is 35.8 Å². The molecule has 3 rings (SSSR count). The molecule has 0 atom stereocenters. The molecule has 2 aromatic heterocycles. The average molecular weight is 375 g/mol. The predicted octanol–water partition coefficient (Wildman–Crippen LogP) is 1.77. The second-order valence-electron chi connectivity index (χ2n) is 5.61. The molecule has 0 aliphatic carbocycles. The number of halogens is 1. The Morgan fingerprint density at radius 1 is 1.35 bits per heavy atom. The van der Waals surface area contributed by atoms with Crippen molar-refractivity contribution in [2.24, 2.45) is 5.10 Å². The van der Waals surface area contributed by atoms with Gasteiger partial charge in [-0.1, -0.05) is 42.8 Å². The number of benzene rings is 1. The first-order valence-corrected chi connectivity index (χ1v) is 7.98. The molecule has 0 saturated carbocycles. The van der Waals surface area contributed by atoms with Gasteiger partial charge in [-0.05, 0) is 33.9 Å². The van der Waals surface area contributed by atoms with E-state index in [1.807, 2.05) is 13.8 Å². The summed E-state index contributed by atoms with van der Waals surface area (Å²) >= 11 is 5.82. The summed E-state index contributed by atoms with van der Waals surface area (Å²) in [4.78, 5) is 12.4. The fourth-order valence-corrected chi connectivity index (χ4v) is 2.36. The summed E-state index contributed by atoms with van der Waals surface area (Å²) < 4.78 is 5.91. The number of hydrogen-bond donors (Lipinski definition) is 2. The van der Waals surface area contributed by atoms with E-state index >= 15 is 0 Å². The molecule has 0 saturated heterocycles. The second-order valence-corrected chi connectivity index (χ2v) is 6.05. The van der Waals surface area contributed by atoms with Crippen molar-refractivity contribution in [1.82, 2.24) is 30.7 Å². The van der Waals surface area contributed by atoms with Gasteiger partial charge in [0.1, 0.15) is 0 Å². The van der Waals surface area contributed by atoms with Crippen LogP contribution in [-0.2, 0) is 0 Å². The summed E-state index contributed by atoms with van der Waals surface area (Å²) in [6.07, 6.45) is 1.49. The van der Waals surface area contributed by atoms with Gasteiger partial charge in [-0.2, -0.15) is 9.78 Å². The first-order valence-electron chi connectivity index (χ1n) is 7.60. The van der Waals surface area contributed by atoms with E-state index in [4.69, 9.17) is 17.3 Å². The minimum Gasteiger partial charge on any atom is -0.378 e. The molecule has 0 bridgehead atoms. The predicted molar refractivity (Wildman–Crippen MR) is 94.2 cm³/mol. The number of nitrogens with two attached hydrogens (primary N) is 1. The van der Waals surface area contributed by atoms with E-state index in [0.29, 0.717) is 10.7 Å². The lowest BCUT2D eigenvalue weighted by Crippen LogP contribution is -2.21. The van der Waals surface area contributed by atoms with Gasteiger partial charge in [-0.15, -0.1) is 5.10 Å². The molecule has 1 aromatic carbocycles. The normalized spacial score (nSPS) is 11.4. The Labute approximate surface area is 153 Å². The fraction of sp³-hybridized carbons (Fsp3) is 0.200. The van der Waals surface area contributed by atoms with Gasteiger partial charge in [0.2, 0.25) is 11.6 Å². The van der Waals surface area contributed by atoms with Crippen molar-refractivity contribution < 1.29 is 9.42 Å². The van der Waals surface area contributed by atoms with Gasteiger partial charge in [0.15, 0.2) is 5.69 Å². The summed E-state index contributed by atoms with van der Waals surface area (Å²) in [6, 6.07) is 7.00. The van der Waals surface area contributed by atoms with E-state index in [0.717, 1.165) is 5.56 Å². The molecule has 0 aliphatic heterocycles. The summed E-state index contributed by atoms with van der Waals surface area (Å²) in [5.41, 5.74) is 9.51. The Bertz CT molecular complexity index is 945. The Hall–Kier alpha value is -3.27. The van der Waals surface area contributed by atoms with Crippen molar-refractivity contribution in [3.05, 3.63) is 46.2 Å². The molecule has 134 valence electrons. The number of anilines is 1. The molecular formula is C15H15ClN8O2. The molecule has 11 heteroatoms. The van der Waals surface area contributed by atoms with Crippen LogP contribution in [0.15, 0.2) is 34.0 Å². The molecule has 3 aromatic rings. The zero-order valence-electron chi connectivity index (χ0n) is 13.9. The van der Waals surface area contributed by atoms with Crippen molar-refractivity contribution in [2.45, 2.75) is 19.8 Å². The Kier molecular flexibility index (Phi) is 4.94. The number of hydrazone groups is 1. The van der Waals surface area contributed by atoms with Gasteiger partial charge in [0.25, 0.3) is 5.91 Å². The zero-order chi connectivity index (χ0) is 18.7. The van der Waals surface area contributed by atoms with Crippen LogP contribution in [0.25, 0.3) is 5.82 Å². The third-order valence-corrected chi connectivity index (χ3v) is 3.66. The van der Waals surface area contributed by atoms with Crippen LogP contribution >= 0.6 is 11.6 Å². The molecule has 10 nitrogen and oxygen atoms in total. The third kappa shape index (κ3) is 3.54. The molecule has 2 heterocycles. The first kappa shape index (κ1) is 17.5. The third-order valence-electron chi connectivity index (χ3n) is 3.41. The standard InChI is InChI=1S/C15H15ClN8O2/c1-8(2)12-11(19-23-24(12)14-13(17)21-26-22-14)15(25)20-18-7-9-3-5-10(16)6-4-9/h3-8H,1-2H3,(H2,17,21)(H,20,25)/b18-7+. The molecule has 0 aliphatic rings. The van der Waals surface area contributed by atoms with Crippen molar-refractivity contribution in [3.63, 3.8) is 0 Å². The first-order chi connectivity index (χ1) is 12.5.